The smallest absolute Gasteiger partial charge is 0.272 e. The van der Waals surface area contributed by atoms with Crippen LogP contribution < -0.4 is 5.43 Å². The second-order valence-corrected chi connectivity index (χ2v) is 5.27. The summed E-state index contributed by atoms with van der Waals surface area (Å²) in [6, 6.07) is 13.2. The molecule has 120 valence electrons. The van der Waals surface area contributed by atoms with Crippen LogP contribution in [0.15, 0.2) is 53.6 Å². The SMILES string of the molecule is Cc1cc(C(=O)NN=Cc2ccc(O)cc2O)c2ccccc2n1. The summed E-state index contributed by atoms with van der Waals surface area (Å²) in [7, 11) is 0. The number of aromatic nitrogens is 1. The van der Waals surface area contributed by atoms with E-state index < -0.39 is 0 Å². The van der Waals surface area contributed by atoms with E-state index >= 15 is 0 Å². The summed E-state index contributed by atoms with van der Waals surface area (Å²) in [5, 5.41) is 23.5. The molecule has 6 heteroatoms. The molecule has 0 aliphatic carbocycles. The van der Waals surface area contributed by atoms with Gasteiger partial charge in [-0.25, -0.2) is 5.43 Å². The molecular weight excluding hydrogens is 306 g/mol. The highest BCUT2D eigenvalue weighted by Crippen LogP contribution is 2.21. The maximum atomic E-state index is 12.4. The highest BCUT2D eigenvalue weighted by Gasteiger charge is 2.11. The maximum absolute atomic E-state index is 12.4. The van der Waals surface area contributed by atoms with Gasteiger partial charge in [0.15, 0.2) is 0 Å². The van der Waals surface area contributed by atoms with Gasteiger partial charge in [-0.05, 0) is 31.2 Å². The second-order valence-electron chi connectivity index (χ2n) is 5.27. The Balaban J connectivity index is 1.84. The van der Waals surface area contributed by atoms with Crippen LogP contribution in [0.3, 0.4) is 0 Å². The summed E-state index contributed by atoms with van der Waals surface area (Å²) in [5.74, 6) is -0.545. The normalized spacial score (nSPS) is 11.0. The summed E-state index contributed by atoms with van der Waals surface area (Å²) < 4.78 is 0. The number of amides is 1. The number of hydrogen-bond acceptors (Lipinski definition) is 5. The van der Waals surface area contributed by atoms with Gasteiger partial charge in [-0.2, -0.15) is 5.10 Å². The van der Waals surface area contributed by atoms with Crippen LogP contribution in [0.4, 0.5) is 0 Å². The number of benzene rings is 2. The molecule has 0 bridgehead atoms. The number of phenolic OH excluding ortho intramolecular Hbond substituents is 2. The van der Waals surface area contributed by atoms with Gasteiger partial charge in [0.2, 0.25) is 0 Å². The zero-order valence-corrected chi connectivity index (χ0v) is 12.9. The van der Waals surface area contributed by atoms with Crippen LogP contribution in [-0.4, -0.2) is 27.3 Å². The van der Waals surface area contributed by atoms with Crippen molar-refractivity contribution in [2.75, 3.05) is 0 Å². The van der Waals surface area contributed by atoms with Gasteiger partial charge in [-0.15, -0.1) is 0 Å². The minimum absolute atomic E-state index is 0.0487. The number of fused-ring (bicyclic) bond motifs is 1. The fraction of sp³-hybridized carbons (Fsp3) is 0.0556. The minimum Gasteiger partial charge on any atom is -0.508 e. The first-order valence-corrected chi connectivity index (χ1v) is 7.26. The molecule has 2 aromatic carbocycles. The molecule has 0 saturated heterocycles. The minimum atomic E-state index is -0.369. The Kier molecular flexibility index (Phi) is 4.11. The van der Waals surface area contributed by atoms with Crippen molar-refractivity contribution < 1.29 is 15.0 Å². The second kappa shape index (κ2) is 6.37. The maximum Gasteiger partial charge on any atom is 0.272 e. The lowest BCUT2D eigenvalue weighted by Gasteiger charge is -2.06. The largest absolute Gasteiger partial charge is 0.508 e. The monoisotopic (exact) mass is 321 g/mol. The van der Waals surface area contributed by atoms with Crippen LogP contribution in [0.5, 0.6) is 11.5 Å². The van der Waals surface area contributed by atoms with E-state index in [1.807, 2.05) is 31.2 Å². The predicted octanol–water partition coefficient (Wildman–Crippen LogP) is 2.72. The average molecular weight is 321 g/mol. The topological polar surface area (TPSA) is 94.8 Å². The molecule has 1 heterocycles. The Labute approximate surface area is 138 Å². The summed E-state index contributed by atoms with van der Waals surface area (Å²) in [4.78, 5) is 16.8. The molecule has 0 saturated carbocycles. The molecule has 0 unspecified atom stereocenters. The van der Waals surface area contributed by atoms with E-state index in [2.05, 4.69) is 15.5 Å². The van der Waals surface area contributed by atoms with Crippen LogP contribution in [0.25, 0.3) is 10.9 Å². The standard InChI is InChI=1S/C18H15N3O3/c1-11-8-15(14-4-2-3-5-16(14)20-11)18(24)21-19-10-12-6-7-13(22)9-17(12)23/h2-10,22-23H,1H3,(H,21,24). The Hall–Kier alpha value is -3.41. The first-order valence-electron chi connectivity index (χ1n) is 7.26. The number of carbonyl (C=O) groups excluding carboxylic acids is 1. The third kappa shape index (κ3) is 3.17. The van der Waals surface area contributed by atoms with Crippen LogP contribution in [0.1, 0.15) is 21.6 Å². The van der Waals surface area contributed by atoms with E-state index in [0.29, 0.717) is 11.1 Å². The molecule has 3 rings (SSSR count). The summed E-state index contributed by atoms with van der Waals surface area (Å²) in [6.07, 6.45) is 1.31. The first-order chi connectivity index (χ1) is 11.5. The van der Waals surface area contributed by atoms with Gasteiger partial charge < -0.3 is 10.2 Å². The van der Waals surface area contributed by atoms with Gasteiger partial charge in [-0.1, -0.05) is 18.2 Å². The lowest BCUT2D eigenvalue weighted by Crippen LogP contribution is -2.18. The lowest BCUT2D eigenvalue weighted by atomic mass is 10.1. The fourth-order valence-corrected chi connectivity index (χ4v) is 2.36. The molecule has 0 aliphatic heterocycles. The Bertz CT molecular complexity index is 951. The van der Waals surface area contributed by atoms with E-state index in [4.69, 9.17) is 0 Å². The van der Waals surface area contributed by atoms with Gasteiger partial charge in [0.05, 0.1) is 17.3 Å². The number of nitrogens with one attached hydrogen (secondary N) is 1. The molecule has 1 amide bonds. The molecule has 0 atom stereocenters. The lowest BCUT2D eigenvalue weighted by molar-refractivity contribution is 0.0956. The van der Waals surface area contributed by atoms with Crippen molar-refractivity contribution in [1.82, 2.24) is 10.4 Å². The molecule has 0 spiro atoms. The van der Waals surface area contributed by atoms with Crippen molar-refractivity contribution in [2.45, 2.75) is 6.92 Å². The summed E-state index contributed by atoms with van der Waals surface area (Å²) in [5.41, 5.74) is 4.77. The number of carbonyl (C=O) groups is 1. The van der Waals surface area contributed by atoms with E-state index in [1.165, 1.54) is 24.4 Å². The average Bonchev–Trinajstić information content (AvgIpc) is 2.56. The number of para-hydroxylation sites is 1. The molecule has 0 aliphatic rings. The number of hydrazone groups is 1. The fourth-order valence-electron chi connectivity index (χ4n) is 2.36. The third-order valence-electron chi connectivity index (χ3n) is 3.47. The quantitative estimate of drug-likeness (QED) is 0.510. The summed E-state index contributed by atoms with van der Waals surface area (Å²) in [6.45, 7) is 1.82. The number of nitrogens with zero attached hydrogens (tertiary/aromatic N) is 2. The van der Waals surface area contributed by atoms with Crippen LogP contribution >= 0.6 is 0 Å². The van der Waals surface area contributed by atoms with Crippen LogP contribution in [0.2, 0.25) is 0 Å². The Morgan fingerprint density at radius 1 is 1.17 bits per heavy atom. The van der Waals surface area contributed by atoms with E-state index in [0.717, 1.165) is 16.6 Å². The van der Waals surface area contributed by atoms with Crippen molar-refractivity contribution in [3.05, 3.63) is 65.4 Å². The van der Waals surface area contributed by atoms with Gasteiger partial charge in [0.1, 0.15) is 11.5 Å². The first kappa shape index (κ1) is 15.5. The Morgan fingerprint density at radius 3 is 2.75 bits per heavy atom. The predicted molar refractivity (Wildman–Crippen MR) is 91.3 cm³/mol. The molecule has 1 aromatic heterocycles. The molecular formula is C18H15N3O3. The van der Waals surface area contributed by atoms with Crippen molar-refractivity contribution in [1.29, 1.82) is 0 Å². The van der Waals surface area contributed by atoms with Gasteiger partial charge in [0.25, 0.3) is 5.91 Å². The molecule has 0 fully saturated rings. The number of hydrogen-bond donors (Lipinski definition) is 3. The number of aryl methyl sites for hydroxylation is 1. The molecule has 0 radical (unpaired) electrons. The van der Waals surface area contributed by atoms with Crippen molar-refractivity contribution in [2.24, 2.45) is 5.10 Å². The highest BCUT2D eigenvalue weighted by molar-refractivity contribution is 6.06. The van der Waals surface area contributed by atoms with Crippen molar-refractivity contribution in [3.63, 3.8) is 0 Å². The molecule has 6 nitrogen and oxygen atoms in total. The summed E-state index contributed by atoms with van der Waals surface area (Å²) >= 11 is 0. The number of rotatable bonds is 3. The van der Waals surface area contributed by atoms with E-state index in [-0.39, 0.29) is 17.4 Å². The zero-order chi connectivity index (χ0) is 17.1. The molecule has 24 heavy (non-hydrogen) atoms. The van der Waals surface area contributed by atoms with E-state index in [9.17, 15) is 15.0 Å². The Morgan fingerprint density at radius 2 is 1.96 bits per heavy atom. The van der Waals surface area contributed by atoms with Crippen LogP contribution in [0, 0.1) is 6.92 Å². The highest BCUT2D eigenvalue weighted by atomic mass is 16.3. The number of aromatic hydroxyl groups is 2. The molecule has 3 aromatic rings. The number of phenols is 2. The number of pyridine rings is 1. The van der Waals surface area contributed by atoms with Gasteiger partial charge in [0, 0.05) is 22.7 Å². The molecule has 3 N–H and O–H groups in total. The van der Waals surface area contributed by atoms with Crippen LogP contribution in [-0.2, 0) is 0 Å². The van der Waals surface area contributed by atoms with Gasteiger partial charge >= 0.3 is 0 Å². The zero-order valence-electron chi connectivity index (χ0n) is 12.9. The van der Waals surface area contributed by atoms with E-state index in [1.54, 1.807) is 6.07 Å². The van der Waals surface area contributed by atoms with Gasteiger partial charge in [-0.3, -0.25) is 9.78 Å². The third-order valence-corrected chi connectivity index (χ3v) is 3.47. The van der Waals surface area contributed by atoms with Crippen molar-refractivity contribution >= 4 is 23.0 Å². The van der Waals surface area contributed by atoms with Crippen molar-refractivity contribution in [3.8, 4) is 11.5 Å².